The quantitative estimate of drug-likeness (QED) is 0.561. The van der Waals surface area contributed by atoms with Crippen LogP contribution in [0.15, 0.2) is 11.8 Å². The zero-order valence-corrected chi connectivity index (χ0v) is 5.72. The van der Waals surface area contributed by atoms with E-state index in [1.165, 1.54) is 5.57 Å². The average molecular weight is 118 g/mol. The maximum Gasteiger partial charge on any atom is 0.0906 e. The first-order chi connectivity index (χ1) is 3.31. The maximum atomic E-state index is 3.63. The Bertz CT molecular complexity index is 68.5. The van der Waals surface area contributed by atoms with E-state index in [1.807, 2.05) is 18.0 Å². The molecule has 0 saturated heterocycles. The van der Waals surface area contributed by atoms with E-state index in [0.29, 0.717) is 0 Å². The van der Waals surface area contributed by atoms with Gasteiger partial charge < -0.3 is 5.73 Å². The number of quaternary nitrogens is 1. The summed E-state index contributed by atoms with van der Waals surface area (Å²) in [5.41, 5.74) is 4.98. The summed E-state index contributed by atoms with van der Waals surface area (Å²) in [6.07, 6.45) is 3.99. The summed E-state index contributed by atoms with van der Waals surface area (Å²) in [4.78, 5) is 0. The van der Waals surface area contributed by atoms with E-state index in [1.54, 1.807) is 0 Å². The second-order valence-electron chi connectivity index (χ2n) is 1.48. The number of hydrogen-bond donors (Lipinski definition) is 1. The molecule has 0 rings (SSSR count). The first kappa shape index (κ1) is 7.05. The third kappa shape index (κ3) is 3.89. The fourth-order valence-corrected chi connectivity index (χ4v) is 0.860. The predicted molar refractivity (Wildman–Crippen MR) is 35.0 cm³/mol. The number of hydrogen-bond acceptors (Lipinski definition) is 1. The largest absolute Gasteiger partial charge is 0.331 e. The van der Waals surface area contributed by atoms with Gasteiger partial charge in [0.05, 0.1) is 6.20 Å². The van der Waals surface area contributed by atoms with Gasteiger partial charge in [-0.3, -0.25) is 0 Å². The van der Waals surface area contributed by atoms with E-state index in [9.17, 15) is 0 Å². The van der Waals surface area contributed by atoms with Crippen LogP contribution in [0.5, 0.6) is 0 Å². The van der Waals surface area contributed by atoms with Crippen LogP contribution in [0.3, 0.4) is 0 Å². The molecule has 0 saturated carbocycles. The third-order valence-electron chi connectivity index (χ3n) is 0.720. The first-order valence-electron chi connectivity index (χ1n) is 2.25. The van der Waals surface area contributed by atoms with E-state index < -0.39 is 0 Å². The maximum absolute atomic E-state index is 3.63. The van der Waals surface area contributed by atoms with Crippen molar-refractivity contribution in [3.05, 3.63) is 11.8 Å². The fourth-order valence-electron chi connectivity index (χ4n) is 0.287. The van der Waals surface area contributed by atoms with Crippen LogP contribution < -0.4 is 5.73 Å². The molecular formula is C5H12NS+. The van der Waals surface area contributed by atoms with Crippen LogP contribution in [0.25, 0.3) is 0 Å². The van der Waals surface area contributed by atoms with Crippen LogP contribution in [-0.2, 0) is 0 Å². The molecular weight excluding hydrogens is 106 g/mol. The van der Waals surface area contributed by atoms with Crippen molar-refractivity contribution in [2.75, 3.05) is 12.0 Å². The molecule has 0 fully saturated rings. The molecule has 0 heterocycles. The highest BCUT2D eigenvalue weighted by Gasteiger charge is 1.83. The molecule has 2 heteroatoms. The Kier molecular flexibility index (Phi) is 4.25. The normalized spacial score (nSPS) is 12.1. The highest BCUT2D eigenvalue weighted by Crippen LogP contribution is 1.98. The standard InChI is InChI=1S/C5H11NS/c1-5(3-6)4-7-2/h3H,4,6H2,1-2H3/p+1. The van der Waals surface area contributed by atoms with Gasteiger partial charge in [-0.1, -0.05) is 0 Å². The second-order valence-corrected chi connectivity index (χ2v) is 2.35. The molecule has 0 unspecified atom stereocenters. The van der Waals surface area contributed by atoms with Crippen LogP contribution >= 0.6 is 11.8 Å². The van der Waals surface area contributed by atoms with Crippen LogP contribution in [0.2, 0.25) is 0 Å². The van der Waals surface area contributed by atoms with Crippen molar-refractivity contribution in [3.8, 4) is 0 Å². The predicted octanol–water partition coefficient (Wildman–Crippen LogP) is 0.495. The Balaban J connectivity index is 3.17. The van der Waals surface area contributed by atoms with Gasteiger partial charge in [-0.05, 0) is 18.8 Å². The van der Waals surface area contributed by atoms with Crippen LogP contribution in [0.4, 0.5) is 0 Å². The molecule has 0 aliphatic heterocycles. The SMILES string of the molecule is CSCC(C)=C[NH3+]. The number of thioether (sulfide) groups is 1. The van der Waals surface area contributed by atoms with Gasteiger partial charge in [0.2, 0.25) is 0 Å². The van der Waals surface area contributed by atoms with E-state index in [0.717, 1.165) is 5.75 Å². The Labute approximate surface area is 49.0 Å². The van der Waals surface area contributed by atoms with Gasteiger partial charge in [0.15, 0.2) is 0 Å². The van der Waals surface area contributed by atoms with Crippen LogP contribution in [0.1, 0.15) is 6.92 Å². The minimum Gasteiger partial charge on any atom is -0.331 e. The molecule has 0 aromatic carbocycles. The van der Waals surface area contributed by atoms with Gasteiger partial charge in [-0.15, -0.1) is 0 Å². The molecule has 0 amide bonds. The molecule has 0 aromatic heterocycles. The summed E-state index contributed by atoms with van der Waals surface area (Å²) in [7, 11) is 0. The Morgan fingerprint density at radius 1 is 1.86 bits per heavy atom. The van der Waals surface area contributed by atoms with E-state index >= 15 is 0 Å². The molecule has 42 valence electrons. The average Bonchev–Trinajstić information content (AvgIpc) is 1.68. The van der Waals surface area contributed by atoms with Crippen LogP contribution in [-0.4, -0.2) is 12.0 Å². The highest BCUT2D eigenvalue weighted by molar-refractivity contribution is 7.98. The fraction of sp³-hybridized carbons (Fsp3) is 0.600. The highest BCUT2D eigenvalue weighted by atomic mass is 32.2. The molecule has 0 aromatic rings. The molecule has 1 nitrogen and oxygen atoms in total. The zero-order valence-electron chi connectivity index (χ0n) is 4.90. The topological polar surface area (TPSA) is 27.6 Å². The van der Waals surface area contributed by atoms with Gasteiger partial charge in [0, 0.05) is 5.75 Å². The summed E-state index contributed by atoms with van der Waals surface area (Å²) in [6.45, 7) is 2.09. The Morgan fingerprint density at radius 3 is 2.57 bits per heavy atom. The summed E-state index contributed by atoms with van der Waals surface area (Å²) in [5.74, 6) is 1.11. The van der Waals surface area contributed by atoms with E-state index in [-0.39, 0.29) is 0 Å². The summed E-state index contributed by atoms with van der Waals surface area (Å²) < 4.78 is 0. The minimum atomic E-state index is 1.11. The zero-order chi connectivity index (χ0) is 5.70. The molecule has 0 spiro atoms. The minimum absolute atomic E-state index is 1.11. The van der Waals surface area contributed by atoms with Crippen molar-refractivity contribution in [1.29, 1.82) is 0 Å². The summed E-state index contributed by atoms with van der Waals surface area (Å²) in [6, 6.07) is 0. The lowest BCUT2D eigenvalue weighted by molar-refractivity contribution is -0.276. The lowest BCUT2D eigenvalue weighted by atomic mass is 10.4. The Hall–Kier alpha value is 0.0500. The molecule has 0 aliphatic rings. The van der Waals surface area contributed by atoms with Crippen molar-refractivity contribution < 1.29 is 5.73 Å². The molecule has 7 heavy (non-hydrogen) atoms. The van der Waals surface area contributed by atoms with Crippen molar-refractivity contribution in [2.45, 2.75) is 6.92 Å². The molecule has 0 bridgehead atoms. The summed E-state index contributed by atoms with van der Waals surface area (Å²) in [5, 5.41) is 0. The number of rotatable bonds is 2. The van der Waals surface area contributed by atoms with E-state index in [4.69, 9.17) is 0 Å². The molecule has 0 atom stereocenters. The first-order valence-corrected chi connectivity index (χ1v) is 3.64. The van der Waals surface area contributed by atoms with Crippen molar-refractivity contribution >= 4 is 11.8 Å². The molecule has 3 N–H and O–H groups in total. The smallest absolute Gasteiger partial charge is 0.0906 e. The lowest BCUT2D eigenvalue weighted by Gasteiger charge is -1.88. The van der Waals surface area contributed by atoms with Gasteiger partial charge in [-0.2, -0.15) is 11.8 Å². The van der Waals surface area contributed by atoms with Gasteiger partial charge >= 0.3 is 0 Å². The molecule has 0 aliphatic carbocycles. The van der Waals surface area contributed by atoms with Gasteiger partial charge in [0.1, 0.15) is 0 Å². The van der Waals surface area contributed by atoms with Gasteiger partial charge in [0.25, 0.3) is 0 Å². The molecule has 0 radical (unpaired) electrons. The van der Waals surface area contributed by atoms with Crippen molar-refractivity contribution in [2.24, 2.45) is 0 Å². The second kappa shape index (κ2) is 4.22. The van der Waals surface area contributed by atoms with Crippen molar-refractivity contribution in [1.82, 2.24) is 0 Å². The lowest BCUT2D eigenvalue weighted by Crippen LogP contribution is -2.40. The van der Waals surface area contributed by atoms with Crippen LogP contribution in [0, 0.1) is 0 Å². The third-order valence-corrected chi connectivity index (χ3v) is 1.46. The monoisotopic (exact) mass is 118 g/mol. The van der Waals surface area contributed by atoms with E-state index in [2.05, 4.69) is 18.9 Å². The van der Waals surface area contributed by atoms with Gasteiger partial charge in [-0.25, -0.2) is 0 Å². The summed E-state index contributed by atoms with van der Waals surface area (Å²) >= 11 is 1.83. The Morgan fingerprint density at radius 2 is 2.43 bits per heavy atom. The van der Waals surface area contributed by atoms with Crippen molar-refractivity contribution in [3.63, 3.8) is 0 Å².